The fraction of sp³-hybridized carbons (Fsp3) is 0.222. The molecule has 22 heavy (non-hydrogen) atoms. The number of ketones is 2. The molecule has 0 radical (unpaired) electrons. The molecule has 0 amide bonds. The van der Waals surface area contributed by atoms with Gasteiger partial charge in [-0.15, -0.1) is 0 Å². The Bertz CT molecular complexity index is 704. The van der Waals surface area contributed by atoms with Crippen LogP contribution in [0.1, 0.15) is 45.7 Å². The van der Waals surface area contributed by atoms with E-state index in [9.17, 15) is 9.59 Å². The Morgan fingerprint density at radius 3 is 1.59 bits per heavy atom. The van der Waals surface area contributed by atoms with Crippen LogP contribution in [0.5, 0.6) is 0 Å². The molecular weight excluding hydrogens is 276 g/mol. The van der Waals surface area contributed by atoms with Gasteiger partial charge in [0.25, 0.3) is 0 Å². The molecule has 0 spiro atoms. The third-order valence-corrected chi connectivity index (χ3v) is 3.81. The van der Waals surface area contributed by atoms with Crippen LogP contribution < -0.4 is 10.6 Å². The lowest BCUT2D eigenvalue weighted by Crippen LogP contribution is -2.24. The summed E-state index contributed by atoms with van der Waals surface area (Å²) in [7, 11) is 0. The van der Waals surface area contributed by atoms with E-state index < -0.39 is 0 Å². The summed E-state index contributed by atoms with van der Waals surface area (Å²) in [5.74, 6) is -0.193. The van der Waals surface area contributed by atoms with Gasteiger partial charge in [-0.05, 0) is 26.0 Å². The fourth-order valence-electron chi connectivity index (χ4n) is 2.92. The minimum Gasteiger partial charge on any atom is -0.385 e. The van der Waals surface area contributed by atoms with Crippen LogP contribution in [0.4, 0.5) is 11.4 Å². The number of nitrogens with one attached hydrogen (secondary N) is 2. The first-order valence-corrected chi connectivity index (χ1v) is 7.52. The van der Waals surface area contributed by atoms with E-state index >= 15 is 0 Å². The Kier molecular flexibility index (Phi) is 3.67. The number of carbonyl (C=O) groups excluding carboxylic acids is 2. The quantitative estimate of drug-likeness (QED) is 0.775. The number of rotatable bonds is 4. The fourth-order valence-corrected chi connectivity index (χ4v) is 2.92. The van der Waals surface area contributed by atoms with Gasteiger partial charge in [0.2, 0.25) is 0 Å². The van der Waals surface area contributed by atoms with Crippen molar-refractivity contribution in [3.8, 4) is 0 Å². The average Bonchev–Trinajstić information content (AvgIpc) is 2.53. The molecular formula is C18H18N2O2. The summed E-state index contributed by atoms with van der Waals surface area (Å²) in [5, 5.41) is 6.35. The van der Waals surface area contributed by atoms with Crippen molar-refractivity contribution in [3.05, 3.63) is 58.7 Å². The Hall–Kier alpha value is -2.62. The van der Waals surface area contributed by atoms with Crippen LogP contribution in [0.2, 0.25) is 0 Å². The molecule has 1 aliphatic carbocycles. The first-order valence-electron chi connectivity index (χ1n) is 7.52. The molecule has 0 saturated carbocycles. The second-order valence-corrected chi connectivity index (χ2v) is 5.18. The highest BCUT2D eigenvalue weighted by molar-refractivity contribution is 6.31. The number of carbonyl (C=O) groups is 2. The van der Waals surface area contributed by atoms with Crippen LogP contribution in [-0.2, 0) is 0 Å². The molecule has 0 aromatic heterocycles. The average molecular weight is 294 g/mol. The Morgan fingerprint density at radius 2 is 1.18 bits per heavy atom. The van der Waals surface area contributed by atoms with E-state index in [0.29, 0.717) is 35.3 Å². The maximum absolute atomic E-state index is 13.0. The van der Waals surface area contributed by atoms with Crippen LogP contribution in [0.15, 0.2) is 36.4 Å². The number of hydrogen-bond acceptors (Lipinski definition) is 4. The van der Waals surface area contributed by atoms with E-state index in [0.717, 1.165) is 11.4 Å². The second kappa shape index (κ2) is 5.64. The molecule has 112 valence electrons. The van der Waals surface area contributed by atoms with Gasteiger partial charge in [-0.25, -0.2) is 0 Å². The lowest BCUT2D eigenvalue weighted by molar-refractivity contribution is 0.0980. The molecule has 0 fully saturated rings. The Morgan fingerprint density at radius 1 is 0.727 bits per heavy atom. The lowest BCUT2D eigenvalue weighted by atomic mass is 9.82. The summed E-state index contributed by atoms with van der Waals surface area (Å²) >= 11 is 0. The molecule has 3 rings (SSSR count). The molecule has 0 unspecified atom stereocenters. The van der Waals surface area contributed by atoms with Gasteiger partial charge in [0.15, 0.2) is 11.6 Å². The molecule has 2 aromatic carbocycles. The first kappa shape index (κ1) is 14.3. The van der Waals surface area contributed by atoms with Crippen molar-refractivity contribution in [1.82, 2.24) is 0 Å². The van der Waals surface area contributed by atoms with Gasteiger partial charge in [-0.3, -0.25) is 9.59 Å². The van der Waals surface area contributed by atoms with Gasteiger partial charge in [0.05, 0.1) is 11.1 Å². The predicted octanol–water partition coefficient (Wildman–Crippen LogP) is 3.33. The maximum atomic E-state index is 13.0. The lowest BCUT2D eigenvalue weighted by Gasteiger charge is -2.22. The van der Waals surface area contributed by atoms with Crippen molar-refractivity contribution in [2.75, 3.05) is 23.7 Å². The Labute approximate surface area is 129 Å². The van der Waals surface area contributed by atoms with E-state index in [-0.39, 0.29) is 11.6 Å². The highest BCUT2D eigenvalue weighted by Gasteiger charge is 2.33. The van der Waals surface area contributed by atoms with Gasteiger partial charge < -0.3 is 10.6 Å². The highest BCUT2D eigenvalue weighted by Crippen LogP contribution is 2.35. The van der Waals surface area contributed by atoms with Crippen molar-refractivity contribution in [1.29, 1.82) is 0 Å². The summed E-state index contributed by atoms with van der Waals surface area (Å²) in [5.41, 5.74) is 3.35. The van der Waals surface area contributed by atoms with E-state index in [2.05, 4.69) is 10.6 Å². The summed E-state index contributed by atoms with van der Waals surface area (Å²) < 4.78 is 0. The molecule has 1 aliphatic rings. The topological polar surface area (TPSA) is 58.2 Å². The van der Waals surface area contributed by atoms with E-state index in [1.165, 1.54) is 0 Å². The van der Waals surface area contributed by atoms with Crippen LogP contribution in [0, 0.1) is 0 Å². The molecule has 2 aromatic rings. The third kappa shape index (κ3) is 2.08. The number of benzene rings is 2. The van der Waals surface area contributed by atoms with Crippen LogP contribution in [0.3, 0.4) is 0 Å². The standard InChI is InChI=1S/C18H18N2O2/c1-3-19-13-9-5-7-11-15(13)18(22)16-12(17(11)21)8-6-10-14(16)20-4-2/h5-10,19-20H,3-4H2,1-2H3. The van der Waals surface area contributed by atoms with Gasteiger partial charge in [0, 0.05) is 35.6 Å². The maximum Gasteiger partial charge on any atom is 0.198 e. The van der Waals surface area contributed by atoms with Crippen molar-refractivity contribution in [2.24, 2.45) is 0 Å². The normalized spacial score (nSPS) is 12.6. The minimum absolute atomic E-state index is 0.0934. The van der Waals surface area contributed by atoms with Gasteiger partial charge >= 0.3 is 0 Å². The zero-order valence-corrected chi connectivity index (χ0v) is 12.7. The number of anilines is 2. The minimum atomic E-state index is -0.0994. The second-order valence-electron chi connectivity index (χ2n) is 5.18. The van der Waals surface area contributed by atoms with E-state index in [1.807, 2.05) is 26.0 Å². The SMILES string of the molecule is CCNc1cccc2c1C(=O)c1c(NCC)cccc1C2=O. The summed E-state index contributed by atoms with van der Waals surface area (Å²) in [6.45, 7) is 5.32. The number of hydrogen-bond donors (Lipinski definition) is 2. The van der Waals surface area contributed by atoms with Crippen molar-refractivity contribution in [2.45, 2.75) is 13.8 Å². The van der Waals surface area contributed by atoms with Gasteiger partial charge in [-0.2, -0.15) is 0 Å². The zero-order chi connectivity index (χ0) is 15.7. The summed E-state index contributed by atoms with van der Waals surface area (Å²) in [6, 6.07) is 10.7. The van der Waals surface area contributed by atoms with E-state index in [1.54, 1.807) is 24.3 Å². The van der Waals surface area contributed by atoms with Crippen molar-refractivity contribution >= 4 is 22.9 Å². The van der Waals surface area contributed by atoms with Crippen LogP contribution >= 0.6 is 0 Å². The number of fused-ring (bicyclic) bond motifs is 2. The Balaban J connectivity index is 2.24. The van der Waals surface area contributed by atoms with E-state index in [4.69, 9.17) is 0 Å². The first-order chi connectivity index (χ1) is 10.7. The molecule has 0 heterocycles. The van der Waals surface area contributed by atoms with Crippen molar-refractivity contribution in [3.63, 3.8) is 0 Å². The van der Waals surface area contributed by atoms with Crippen LogP contribution in [-0.4, -0.2) is 24.7 Å². The third-order valence-electron chi connectivity index (χ3n) is 3.81. The largest absolute Gasteiger partial charge is 0.385 e. The highest BCUT2D eigenvalue weighted by atomic mass is 16.1. The van der Waals surface area contributed by atoms with Gasteiger partial charge in [-0.1, -0.05) is 24.3 Å². The molecule has 0 aliphatic heterocycles. The smallest absolute Gasteiger partial charge is 0.198 e. The molecule has 2 N–H and O–H groups in total. The van der Waals surface area contributed by atoms with Crippen molar-refractivity contribution < 1.29 is 9.59 Å². The predicted molar refractivity (Wildman–Crippen MR) is 88.1 cm³/mol. The van der Waals surface area contributed by atoms with Crippen LogP contribution in [0.25, 0.3) is 0 Å². The van der Waals surface area contributed by atoms with Gasteiger partial charge in [0.1, 0.15) is 0 Å². The molecule has 0 bridgehead atoms. The molecule has 0 atom stereocenters. The molecule has 4 heteroatoms. The molecule has 4 nitrogen and oxygen atoms in total. The summed E-state index contributed by atoms with van der Waals surface area (Å²) in [6.07, 6.45) is 0. The molecule has 0 saturated heterocycles. The monoisotopic (exact) mass is 294 g/mol. The summed E-state index contributed by atoms with van der Waals surface area (Å²) in [4.78, 5) is 25.8. The zero-order valence-electron chi connectivity index (χ0n) is 12.7.